The lowest BCUT2D eigenvalue weighted by molar-refractivity contribution is -0.163. The molecule has 0 heterocycles. The van der Waals surface area contributed by atoms with Gasteiger partial charge in [0.25, 0.3) is 0 Å². The van der Waals surface area contributed by atoms with Gasteiger partial charge in [-0.3, -0.25) is 4.79 Å². The molecule has 0 spiro atoms. The van der Waals surface area contributed by atoms with Crippen LogP contribution in [0.25, 0.3) is 0 Å². The van der Waals surface area contributed by atoms with Crippen molar-refractivity contribution >= 4 is 5.91 Å². The number of halogens is 3. The predicted molar refractivity (Wildman–Crippen MR) is 52.3 cm³/mol. The summed E-state index contributed by atoms with van der Waals surface area (Å²) in [6.07, 6.45) is -4.02. The van der Waals surface area contributed by atoms with E-state index in [1.165, 1.54) is 0 Å². The third-order valence-electron chi connectivity index (χ3n) is 2.21. The second kappa shape index (κ2) is 6.36. The Kier molecular flexibility index (Phi) is 5.86. The minimum atomic E-state index is -4.42. The number of rotatable bonds is 5. The molecule has 92 valence electrons. The van der Waals surface area contributed by atoms with Crippen LogP contribution in [0.5, 0.6) is 0 Å². The Hall–Kier alpha value is -1.25. The van der Waals surface area contributed by atoms with E-state index in [1.54, 1.807) is 19.9 Å². The molecule has 16 heavy (non-hydrogen) atoms. The molecule has 0 aromatic rings. The van der Waals surface area contributed by atoms with Gasteiger partial charge in [0.2, 0.25) is 5.91 Å². The summed E-state index contributed by atoms with van der Waals surface area (Å²) in [5.41, 5.74) is 0. The van der Waals surface area contributed by atoms with Crippen molar-refractivity contribution < 1.29 is 18.0 Å². The van der Waals surface area contributed by atoms with Crippen LogP contribution in [0.4, 0.5) is 13.2 Å². The normalized spacial score (nSPS) is 13.0. The zero-order valence-electron chi connectivity index (χ0n) is 9.34. The summed E-state index contributed by atoms with van der Waals surface area (Å²) >= 11 is 0. The first-order valence-corrected chi connectivity index (χ1v) is 5.04. The molecule has 0 N–H and O–H groups in total. The molecule has 0 aliphatic heterocycles. The van der Waals surface area contributed by atoms with Crippen LogP contribution in [0.1, 0.15) is 26.7 Å². The molecule has 0 saturated carbocycles. The molecular weight excluding hydrogens is 221 g/mol. The van der Waals surface area contributed by atoms with Gasteiger partial charge in [0.05, 0.1) is 12.5 Å². The number of nitriles is 1. The topological polar surface area (TPSA) is 44.1 Å². The molecule has 0 saturated heterocycles. The summed E-state index contributed by atoms with van der Waals surface area (Å²) in [6, 6.07) is 1.73. The van der Waals surface area contributed by atoms with Gasteiger partial charge in [0.15, 0.2) is 0 Å². The molecule has 1 amide bonds. The van der Waals surface area contributed by atoms with E-state index in [9.17, 15) is 18.0 Å². The monoisotopic (exact) mass is 236 g/mol. The summed E-state index contributed by atoms with van der Waals surface area (Å²) < 4.78 is 36.6. The van der Waals surface area contributed by atoms with Crippen LogP contribution in [0.2, 0.25) is 0 Å². The number of alkyl halides is 3. The van der Waals surface area contributed by atoms with E-state index in [0.717, 1.165) is 0 Å². The Morgan fingerprint density at radius 3 is 2.44 bits per heavy atom. The molecule has 0 aromatic heterocycles. The third-order valence-corrected chi connectivity index (χ3v) is 2.21. The Morgan fingerprint density at radius 1 is 1.50 bits per heavy atom. The minimum Gasteiger partial charge on any atom is -0.332 e. The second-order valence-electron chi connectivity index (χ2n) is 3.59. The molecular formula is C10H15F3N2O. The van der Waals surface area contributed by atoms with Gasteiger partial charge >= 0.3 is 6.18 Å². The SMILES string of the molecule is CCC(C)C(=O)N(CCC#N)CC(F)(F)F. The standard InChI is InChI=1S/C10H15F3N2O/c1-3-8(2)9(16)15(6-4-5-14)7-10(11,12)13/h8H,3-4,6-7H2,1-2H3. The molecule has 0 aliphatic rings. The van der Waals surface area contributed by atoms with Crippen LogP contribution in [0.3, 0.4) is 0 Å². The van der Waals surface area contributed by atoms with Crippen molar-refractivity contribution in [2.75, 3.05) is 13.1 Å². The van der Waals surface area contributed by atoms with Crippen LogP contribution in [0, 0.1) is 17.2 Å². The molecule has 1 atom stereocenters. The molecule has 0 aliphatic carbocycles. The lowest BCUT2D eigenvalue weighted by Gasteiger charge is -2.25. The first-order chi connectivity index (χ1) is 7.31. The van der Waals surface area contributed by atoms with Gasteiger partial charge < -0.3 is 4.90 Å². The summed E-state index contributed by atoms with van der Waals surface area (Å²) in [7, 11) is 0. The maximum Gasteiger partial charge on any atom is 0.406 e. The van der Waals surface area contributed by atoms with Gasteiger partial charge in [0.1, 0.15) is 6.54 Å². The van der Waals surface area contributed by atoms with Crippen molar-refractivity contribution in [1.82, 2.24) is 4.90 Å². The van der Waals surface area contributed by atoms with Crippen LogP contribution >= 0.6 is 0 Å². The Balaban J connectivity index is 4.54. The number of carbonyl (C=O) groups is 1. The third kappa shape index (κ3) is 5.59. The predicted octanol–water partition coefficient (Wildman–Crippen LogP) is 2.34. The van der Waals surface area contributed by atoms with Gasteiger partial charge in [-0.1, -0.05) is 13.8 Å². The summed E-state index contributed by atoms with van der Waals surface area (Å²) in [5, 5.41) is 8.32. The van der Waals surface area contributed by atoms with E-state index in [2.05, 4.69) is 0 Å². The van der Waals surface area contributed by atoms with Crippen LogP contribution < -0.4 is 0 Å². The maximum atomic E-state index is 12.2. The lowest BCUT2D eigenvalue weighted by atomic mass is 10.1. The van der Waals surface area contributed by atoms with Crippen molar-refractivity contribution in [2.45, 2.75) is 32.9 Å². The maximum absolute atomic E-state index is 12.2. The highest BCUT2D eigenvalue weighted by molar-refractivity contribution is 5.78. The molecule has 0 rings (SSSR count). The summed E-state index contributed by atoms with van der Waals surface area (Å²) in [4.78, 5) is 12.3. The lowest BCUT2D eigenvalue weighted by Crippen LogP contribution is -2.42. The van der Waals surface area contributed by atoms with E-state index < -0.39 is 24.5 Å². The Bertz CT molecular complexity index is 270. The van der Waals surface area contributed by atoms with Crippen molar-refractivity contribution in [3.8, 4) is 6.07 Å². The molecule has 0 radical (unpaired) electrons. The van der Waals surface area contributed by atoms with Crippen LogP contribution in [-0.2, 0) is 4.79 Å². The molecule has 1 unspecified atom stereocenters. The number of nitrogens with zero attached hydrogens (tertiary/aromatic N) is 2. The second-order valence-corrected chi connectivity index (χ2v) is 3.59. The number of amides is 1. The smallest absolute Gasteiger partial charge is 0.332 e. The molecule has 3 nitrogen and oxygen atoms in total. The van der Waals surface area contributed by atoms with Crippen LogP contribution in [0.15, 0.2) is 0 Å². The quantitative estimate of drug-likeness (QED) is 0.735. The van der Waals surface area contributed by atoms with E-state index in [0.29, 0.717) is 11.3 Å². The molecule has 0 bridgehead atoms. The van der Waals surface area contributed by atoms with E-state index in [4.69, 9.17) is 5.26 Å². The molecule has 0 aromatic carbocycles. The fourth-order valence-electron chi connectivity index (χ4n) is 1.15. The largest absolute Gasteiger partial charge is 0.406 e. The van der Waals surface area contributed by atoms with Crippen molar-refractivity contribution in [3.05, 3.63) is 0 Å². The van der Waals surface area contributed by atoms with Gasteiger partial charge in [-0.15, -0.1) is 0 Å². The summed E-state index contributed by atoms with van der Waals surface area (Å²) in [6.45, 7) is 1.87. The molecule has 6 heteroatoms. The van der Waals surface area contributed by atoms with E-state index in [-0.39, 0.29) is 13.0 Å². The highest BCUT2D eigenvalue weighted by atomic mass is 19.4. The fraction of sp³-hybridized carbons (Fsp3) is 0.800. The van der Waals surface area contributed by atoms with Crippen molar-refractivity contribution in [3.63, 3.8) is 0 Å². The first-order valence-electron chi connectivity index (χ1n) is 5.04. The Morgan fingerprint density at radius 2 is 2.06 bits per heavy atom. The Labute approximate surface area is 92.8 Å². The van der Waals surface area contributed by atoms with Crippen molar-refractivity contribution in [2.24, 2.45) is 5.92 Å². The zero-order valence-corrected chi connectivity index (χ0v) is 9.34. The summed E-state index contributed by atoms with van der Waals surface area (Å²) in [5.74, 6) is -0.990. The van der Waals surface area contributed by atoms with Gasteiger partial charge in [-0.05, 0) is 6.42 Å². The number of hydrogen-bond donors (Lipinski definition) is 0. The van der Waals surface area contributed by atoms with Gasteiger partial charge in [-0.2, -0.15) is 18.4 Å². The number of hydrogen-bond acceptors (Lipinski definition) is 2. The van der Waals surface area contributed by atoms with Gasteiger partial charge in [-0.25, -0.2) is 0 Å². The highest BCUT2D eigenvalue weighted by Gasteiger charge is 2.33. The average Bonchev–Trinajstić information content (AvgIpc) is 2.20. The van der Waals surface area contributed by atoms with E-state index >= 15 is 0 Å². The van der Waals surface area contributed by atoms with Crippen LogP contribution in [-0.4, -0.2) is 30.1 Å². The number of carbonyl (C=O) groups excluding carboxylic acids is 1. The average molecular weight is 236 g/mol. The zero-order chi connectivity index (χ0) is 12.8. The highest BCUT2D eigenvalue weighted by Crippen LogP contribution is 2.18. The van der Waals surface area contributed by atoms with Gasteiger partial charge in [0, 0.05) is 12.5 Å². The van der Waals surface area contributed by atoms with Crippen molar-refractivity contribution in [1.29, 1.82) is 5.26 Å². The fourth-order valence-corrected chi connectivity index (χ4v) is 1.15. The molecule has 0 fully saturated rings. The first kappa shape index (κ1) is 14.8. The van der Waals surface area contributed by atoms with E-state index in [1.807, 2.05) is 0 Å². The minimum absolute atomic E-state index is 0.0851.